The van der Waals surface area contributed by atoms with E-state index in [1.165, 1.54) is 11.8 Å². The smallest absolute Gasteiger partial charge is 0.227 e. The third-order valence-corrected chi connectivity index (χ3v) is 4.52. The van der Waals surface area contributed by atoms with E-state index in [0.29, 0.717) is 41.8 Å². The minimum absolute atomic E-state index is 0.0485. The molecule has 1 aromatic carbocycles. The van der Waals surface area contributed by atoms with E-state index in [0.717, 1.165) is 0 Å². The van der Waals surface area contributed by atoms with Gasteiger partial charge in [0.25, 0.3) is 0 Å². The molecule has 1 heterocycles. The number of ether oxygens (including phenoxy) is 1. The van der Waals surface area contributed by atoms with E-state index in [1.54, 1.807) is 30.0 Å². The van der Waals surface area contributed by atoms with Crippen molar-refractivity contribution < 1.29 is 14.3 Å². The molecule has 1 aromatic rings. The number of carbonyl (C=O) groups excluding carboxylic acids is 2. The topological polar surface area (TPSA) is 46.6 Å². The number of amides is 1. The lowest BCUT2D eigenvalue weighted by Crippen LogP contribution is -2.25. The standard InChI is InChI=1S/C15H18ClNO3S/c1-3-20-14-5-4-12(16)7-13(14)17-8-11(6-15(17)19)9-21-10(2)18/h4-5,7,11H,3,6,8-9H2,1-2H3. The molecule has 114 valence electrons. The zero-order valence-electron chi connectivity index (χ0n) is 12.1. The normalized spacial score (nSPS) is 18.1. The van der Waals surface area contributed by atoms with Crippen LogP contribution in [0.3, 0.4) is 0 Å². The Kier molecular flexibility index (Phi) is 5.53. The van der Waals surface area contributed by atoms with Crippen LogP contribution in [0.5, 0.6) is 5.75 Å². The van der Waals surface area contributed by atoms with Crippen LogP contribution in [0.15, 0.2) is 18.2 Å². The maximum absolute atomic E-state index is 12.2. The van der Waals surface area contributed by atoms with Crippen molar-refractivity contribution >= 4 is 40.1 Å². The van der Waals surface area contributed by atoms with Crippen LogP contribution in [0.4, 0.5) is 5.69 Å². The van der Waals surface area contributed by atoms with E-state index in [-0.39, 0.29) is 16.9 Å². The molecule has 2 rings (SSSR count). The van der Waals surface area contributed by atoms with Gasteiger partial charge in [0.2, 0.25) is 5.91 Å². The Morgan fingerprint density at radius 1 is 1.52 bits per heavy atom. The zero-order chi connectivity index (χ0) is 15.4. The molecule has 0 spiro atoms. The zero-order valence-corrected chi connectivity index (χ0v) is 13.7. The van der Waals surface area contributed by atoms with Crippen LogP contribution in [0.25, 0.3) is 0 Å². The Hall–Kier alpha value is -1.20. The molecule has 21 heavy (non-hydrogen) atoms. The lowest BCUT2D eigenvalue weighted by molar-refractivity contribution is -0.117. The van der Waals surface area contributed by atoms with Gasteiger partial charge < -0.3 is 9.64 Å². The summed E-state index contributed by atoms with van der Waals surface area (Å²) in [5.74, 6) is 1.56. The molecule has 1 amide bonds. The fourth-order valence-electron chi connectivity index (χ4n) is 2.34. The van der Waals surface area contributed by atoms with Crippen molar-refractivity contribution in [2.75, 3.05) is 23.8 Å². The van der Waals surface area contributed by atoms with E-state index in [2.05, 4.69) is 0 Å². The monoisotopic (exact) mass is 327 g/mol. The molecule has 1 aliphatic rings. The van der Waals surface area contributed by atoms with E-state index >= 15 is 0 Å². The number of halogens is 1. The van der Waals surface area contributed by atoms with Gasteiger partial charge in [0.05, 0.1) is 12.3 Å². The summed E-state index contributed by atoms with van der Waals surface area (Å²) in [5.41, 5.74) is 0.713. The molecule has 0 bridgehead atoms. The molecule has 1 unspecified atom stereocenters. The van der Waals surface area contributed by atoms with Gasteiger partial charge in [0.1, 0.15) is 5.75 Å². The van der Waals surface area contributed by atoms with Crippen molar-refractivity contribution in [1.82, 2.24) is 0 Å². The second-order valence-corrected chi connectivity index (χ2v) is 6.56. The number of hydrogen-bond acceptors (Lipinski definition) is 4. The number of benzene rings is 1. The molecule has 1 saturated heterocycles. The summed E-state index contributed by atoms with van der Waals surface area (Å²) in [7, 11) is 0. The number of nitrogens with zero attached hydrogens (tertiary/aromatic N) is 1. The maximum Gasteiger partial charge on any atom is 0.227 e. The first kappa shape index (κ1) is 16.2. The van der Waals surface area contributed by atoms with Crippen molar-refractivity contribution in [3.05, 3.63) is 23.2 Å². The van der Waals surface area contributed by atoms with E-state index < -0.39 is 0 Å². The van der Waals surface area contributed by atoms with Crippen LogP contribution in [0.2, 0.25) is 5.02 Å². The first-order valence-corrected chi connectivity index (χ1v) is 8.23. The Morgan fingerprint density at radius 2 is 2.29 bits per heavy atom. The quantitative estimate of drug-likeness (QED) is 0.832. The Morgan fingerprint density at radius 3 is 2.95 bits per heavy atom. The van der Waals surface area contributed by atoms with Crippen LogP contribution in [0.1, 0.15) is 20.3 Å². The molecule has 0 radical (unpaired) electrons. The minimum atomic E-state index is 0.0485. The number of carbonyl (C=O) groups is 2. The third-order valence-electron chi connectivity index (χ3n) is 3.24. The number of hydrogen-bond donors (Lipinski definition) is 0. The average Bonchev–Trinajstić information content (AvgIpc) is 2.80. The van der Waals surface area contributed by atoms with Crippen molar-refractivity contribution in [3.63, 3.8) is 0 Å². The SMILES string of the molecule is CCOc1ccc(Cl)cc1N1CC(CSC(C)=O)CC1=O. The molecule has 1 fully saturated rings. The molecule has 1 atom stereocenters. The van der Waals surface area contributed by atoms with Gasteiger partial charge >= 0.3 is 0 Å². The largest absolute Gasteiger partial charge is 0.492 e. The van der Waals surface area contributed by atoms with Gasteiger partial charge in [-0.2, -0.15) is 0 Å². The molecular formula is C15H18ClNO3S. The first-order valence-electron chi connectivity index (χ1n) is 6.87. The summed E-state index contributed by atoms with van der Waals surface area (Å²) in [5, 5.41) is 0.654. The van der Waals surface area contributed by atoms with Gasteiger partial charge in [-0.3, -0.25) is 9.59 Å². The summed E-state index contributed by atoms with van der Waals surface area (Å²) < 4.78 is 5.57. The third kappa shape index (κ3) is 4.14. The molecular weight excluding hydrogens is 310 g/mol. The van der Waals surface area contributed by atoms with Crippen molar-refractivity contribution in [1.29, 1.82) is 0 Å². The van der Waals surface area contributed by atoms with Gasteiger partial charge in [0, 0.05) is 30.7 Å². The summed E-state index contributed by atoms with van der Waals surface area (Å²) in [4.78, 5) is 25.0. The van der Waals surface area contributed by atoms with Crippen LogP contribution < -0.4 is 9.64 Å². The summed E-state index contributed by atoms with van der Waals surface area (Å²) in [6.07, 6.45) is 0.457. The number of thioether (sulfide) groups is 1. The molecule has 6 heteroatoms. The van der Waals surface area contributed by atoms with Crippen LogP contribution in [-0.4, -0.2) is 29.9 Å². The Balaban J connectivity index is 2.16. The van der Waals surface area contributed by atoms with Crippen molar-refractivity contribution in [3.8, 4) is 5.75 Å². The lowest BCUT2D eigenvalue weighted by Gasteiger charge is -2.20. The average molecular weight is 328 g/mol. The molecule has 0 aliphatic carbocycles. The predicted molar refractivity (Wildman–Crippen MR) is 86.2 cm³/mol. The fraction of sp³-hybridized carbons (Fsp3) is 0.467. The van der Waals surface area contributed by atoms with E-state index in [1.807, 2.05) is 6.92 Å². The second-order valence-electron chi connectivity index (χ2n) is 4.92. The van der Waals surface area contributed by atoms with Crippen LogP contribution >= 0.6 is 23.4 Å². The number of anilines is 1. The highest BCUT2D eigenvalue weighted by Gasteiger charge is 2.32. The Bertz CT molecular complexity index is 550. The molecule has 0 aromatic heterocycles. The van der Waals surface area contributed by atoms with Crippen molar-refractivity contribution in [2.45, 2.75) is 20.3 Å². The molecule has 4 nitrogen and oxygen atoms in total. The highest BCUT2D eigenvalue weighted by atomic mass is 35.5. The van der Waals surface area contributed by atoms with Crippen LogP contribution in [0, 0.1) is 5.92 Å². The van der Waals surface area contributed by atoms with Crippen LogP contribution in [-0.2, 0) is 9.59 Å². The van der Waals surface area contributed by atoms with Gasteiger partial charge in [-0.25, -0.2) is 0 Å². The minimum Gasteiger partial charge on any atom is -0.492 e. The molecule has 0 N–H and O–H groups in total. The van der Waals surface area contributed by atoms with Crippen molar-refractivity contribution in [2.24, 2.45) is 5.92 Å². The molecule has 1 aliphatic heterocycles. The predicted octanol–water partition coefficient (Wildman–Crippen LogP) is 3.37. The summed E-state index contributed by atoms with van der Waals surface area (Å²) in [6.45, 7) is 4.57. The van der Waals surface area contributed by atoms with E-state index in [4.69, 9.17) is 16.3 Å². The summed E-state index contributed by atoms with van der Waals surface area (Å²) >= 11 is 7.31. The van der Waals surface area contributed by atoms with E-state index in [9.17, 15) is 9.59 Å². The van der Waals surface area contributed by atoms with Gasteiger partial charge in [0.15, 0.2) is 5.12 Å². The van der Waals surface area contributed by atoms with Gasteiger partial charge in [-0.05, 0) is 31.0 Å². The Labute approximate surface area is 133 Å². The molecule has 0 saturated carbocycles. The summed E-state index contributed by atoms with van der Waals surface area (Å²) in [6, 6.07) is 5.29. The first-order chi connectivity index (χ1) is 10.0. The highest BCUT2D eigenvalue weighted by molar-refractivity contribution is 8.13. The maximum atomic E-state index is 12.2. The highest BCUT2D eigenvalue weighted by Crippen LogP contribution is 2.36. The van der Waals surface area contributed by atoms with Gasteiger partial charge in [-0.1, -0.05) is 23.4 Å². The fourth-order valence-corrected chi connectivity index (χ4v) is 3.20. The van der Waals surface area contributed by atoms with Gasteiger partial charge in [-0.15, -0.1) is 0 Å². The second kappa shape index (κ2) is 7.18. The lowest BCUT2D eigenvalue weighted by atomic mass is 10.1. The number of rotatable bonds is 5.